The van der Waals surface area contributed by atoms with Crippen molar-refractivity contribution < 1.29 is 4.79 Å². The molecule has 0 bridgehead atoms. The molecular formula is C15H29N3O. The fraction of sp³-hybridized carbons (Fsp3) is 0.933. The minimum absolute atomic E-state index is 0.199. The average molecular weight is 267 g/mol. The molecule has 0 radical (unpaired) electrons. The molecule has 2 unspecified atom stereocenters. The number of amides is 1. The van der Waals surface area contributed by atoms with E-state index in [1.54, 1.807) is 0 Å². The first-order chi connectivity index (χ1) is 9.04. The van der Waals surface area contributed by atoms with Crippen LogP contribution in [0.2, 0.25) is 0 Å². The van der Waals surface area contributed by atoms with E-state index in [1.807, 2.05) is 0 Å². The maximum atomic E-state index is 12.0. The van der Waals surface area contributed by atoms with Crippen molar-refractivity contribution in [3.05, 3.63) is 0 Å². The van der Waals surface area contributed by atoms with Crippen molar-refractivity contribution in [2.75, 3.05) is 19.6 Å². The normalized spacial score (nSPS) is 34.2. The minimum atomic E-state index is 0.199. The number of carbonyl (C=O) groups is 1. The highest BCUT2D eigenvalue weighted by Gasteiger charge is 2.27. The van der Waals surface area contributed by atoms with E-state index in [0.29, 0.717) is 18.5 Å². The van der Waals surface area contributed by atoms with E-state index in [9.17, 15) is 4.79 Å². The molecule has 4 heteroatoms. The van der Waals surface area contributed by atoms with Gasteiger partial charge >= 0.3 is 0 Å². The number of likely N-dealkylation sites (tertiary alicyclic amines) is 1. The fourth-order valence-electron chi connectivity index (χ4n) is 3.32. The predicted molar refractivity (Wildman–Crippen MR) is 77.8 cm³/mol. The standard InChI is InChI=1S/C15H29N3O/c1-11-3-5-14(6-4-11)17-15(19)10-18-8-7-13(9-18)12(2)16/h11-14H,3-10,16H2,1-2H3,(H,17,19). The van der Waals surface area contributed by atoms with Crippen LogP contribution in [0.5, 0.6) is 0 Å². The van der Waals surface area contributed by atoms with Gasteiger partial charge in [-0.2, -0.15) is 0 Å². The van der Waals surface area contributed by atoms with Crippen molar-refractivity contribution in [2.45, 2.75) is 58.0 Å². The predicted octanol–water partition coefficient (Wildman–Crippen LogP) is 1.35. The largest absolute Gasteiger partial charge is 0.352 e. The molecule has 19 heavy (non-hydrogen) atoms. The SMILES string of the molecule is CC1CCC(NC(=O)CN2CCC(C(C)N)C2)CC1. The number of nitrogens with one attached hydrogen (secondary N) is 1. The minimum Gasteiger partial charge on any atom is -0.352 e. The Hall–Kier alpha value is -0.610. The zero-order valence-electron chi connectivity index (χ0n) is 12.4. The highest BCUT2D eigenvalue weighted by molar-refractivity contribution is 5.78. The van der Waals surface area contributed by atoms with Gasteiger partial charge in [-0.15, -0.1) is 0 Å². The summed E-state index contributed by atoms with van der Waals surface area (Å²) >= 11 is 0. The lowest BCUT2D eigenvalue weighted by molar-refractivity contribution is -0.123. The third-order valence-electron chi connectivity index (χ3n) is 4.80. The van der Waals surface area contributed by atoms with E-state index >= 15 is 0 Å². The van der Waals surface area contributed by atoms with Crippen LogP contribution in [0.1, 0.15) is 46.0 Å². The number of hydrogen-bond acceptors (Lipinski definition) is 3. The van der Waals surface area contributed by atoms with Gasteiger partial charge in [0, 0.05) is 18.6 Å². The van der Waals surface area contributed by atoms with Crippen LogP contribution in [0, 0.1) is 11.8 Å². The zero-order valence-corrected chi connectivity index (χ0v) is 12.4. The number of rotatable bonds is 4. The van der Waals surface area contributed by atoms with Crippen molar-refractivity contribution in [3.8, 4) is 0 Å². The van der Waals surface area contributed by atoms with Crippen molar-refractivity contribution in [3.63, 3.8) is 0 Å². The van der Waals surface area contributed by atoms with Crippen LogP contribution in [0.15, 0.2) is 0 Å². The Balaban J connectivity index is 1.67. The van der Waals surface area contributed by atoms with E-state index < -0.39 is 0 Å². The highest BCUT2D eigenvalue weighted by atomic mass is 16.2. The summed E-state index contributed by atoms with van der Waals surface area (Å²) in [6.07, 6.45) is 5.93. The van der Waals surface area contributed by atoms with Gasteiger partial charge in [0.05, 0.1) is 6.54 Å². The molecule has 4 nitrogen and oxygen atoms in total. The van der Waals surface area contributed by atoms with Crippen LogP contribution < -0.4 is 11.1 Å². The lowest BCUT2D eigenvalue weighted by Gasteiger charge is -2.27. The summed E-state index contributed by atoms with van der Waals surface area (Å²) < 4.78 is 0. The number of nitrogens with zero attached hydrogens (tertiary/aromatic N) is 1. The molecule has 3 N–H and O–H groups in total. The molecule has 1 aliphatic heterocycles. The number of hydrogen-bond donors (Lipinski definition) is 2. The molecular weight excluding hydrogens is 238 g/mol. The smallest absolute Gasteiger partial charge is 0.234 e. The molecule has 2 aliphatic rings. The Kier molecular flexibility index (Phi) is 5.22. The van der Waals surface area contributed by atoms with E-state index in [1.165, 1.54) is 12.8 Å². The summed E-state index contributed by atoms with van der Waals surface area (Å²) in [7, 11) is 0. The Morgan fingerprint density at radius 1 is 1.32 bits per heavy atom. The summed E-state index contributed by atoms with van der Waals surface area (Å²) in [5, 5.41) is 3.20. The van der Waals surface area contributed by atoms with E-state index in [2.05, 4.69) is 24.1 Å². The van der Waals surface area contributed by atoms with Gasteiger partial charge in [0.15, 0.2) is 0 Å². The average Bonchev–Trinajstić information content (AvgIpc) is 2.80. The summed E-state index contributed by atoms with van der Waals surface area (Å²) in [5.41, 5.74) is 5.93. The lowest BCUT2D eigenvalue weighted by Crippen LogP contribution is -2.43. The highest BCUT2D eigenvalue weighted by Crippen LogP contribution is 2.23. The molecule has 1 saturated carbocycles. The van der Waals surface area contributed by atoms with Gasteiger partial charge in [-0.3, -0.25) is 9.69 Å². The van der Waals surface area contributed by atoms with Gasteiger partial charge in [0.2, 0.25) is 5.91 Å². The van der Waals surface area contributed by atoms with Crippen molar-refractivity contribution in [2.24, 2.45) is 17.6 Å². The molecule has 1 heterocycles. The fourth-order valence-corrected chi connectivity index (χ4v) is 3.32. The maximum absolute atomic E-state index is 12.0. The Bertz CT molecular complexity index is 298. The van der Waals surface area contributed by atoms with Crippen LogP contribution >= 0.6 is 0 Å². The topological polar surface area (TPSA) is 58.4 Å². The van der Waals surface area contributed by atoms with Crippen LogP contribution in [0.3, 0.4) is 0 Å². The lowest BCUT2D eigenvalue weighted by atomic mass is 9.87. The second-order valence-corrected chi connectivity index (χ2v) is 6.67. The van der Waals surface area contributed by atoms with Gasteiger partial charge in [0.1, 0.15) is 0 Å². The van der Waals surface area contributed by atoms with E-state index in [4.69, 9.17) is 5.73 Å². The monoisotopic (exact) mass is 267 g/mol. The third kappa shape index (κ3) is 4.46. The van der Waals surface area contributed by atoms with E-state index in [0.717, 1.165) is 38.3 Å². The van der Waals surface area contributed by atoms with Gasteiger partial charge < -0.3 is 11.1 Å². The Labute approximate surface area is 117 Å². The quantitative estimate of drug-likeness (QED) is 0.808. The molecule has 0 aromatic rings. The van der Waals surface area contributed by atoms with Crippen LogP contribution in [-0.2, 0) is 4.79 Å². The summed E-state index contributed by atoms with van der Waals surface area (Å²) in [6, 6.07) is 0.656. The molecule has 110 valence electrons. The molecule has 0 spiro atoms. The van der Waals surface area contributed by atoms with Crippen molar-refractivity contribution in [1.82, 2.24) is 10.2 Å². The zero-order chi connectivity index (χ0) is 13.8. The molecule has 1 aliphatic carbocycles. The second-order valence-electron chi connectivity index (χ2n) is 6.67. The van der Waals surface area contributed by atoms with Gasteiger partial charge in [0.25, 0.3) is 0 Å². The summed E-state index contributed by atoms with van der Waals surface area (Å²) in [5.74, 6) is 1.59. The van der Waals surface area contributed by atoms with Gasteiger partial charge in [-0.05, 0) is 57.4 Å². The summed E-state index contributed by atoms with van der Waals surface area (Å²) in [4.78, 5) is 14.3. The van der Waals surface area contributed by atoms with Crippen molar-refractivity contribution in [1.29, 1.82) is 0 Å². The number of carbonyl (C=O) groups excluding carboxylic acids is 1. The molecule has 2 rings (SSSR count). The molecule has 2 fully saturated rings. The van der Waals surface area contributed by atoms with Crippen LogP contribution in [0.25, 0.3) is 0 Å². The number of nitrogens with two attached hydrogens (primary N) is 1. The molecule has 1 amide bonds. The van der Waals surface area contributed by atoms with Gasteiger partial charge in [-0.25, -0.2) is 0 Å². The Morgan fingerprint density at radius 2 is 2.00 bits per heavy atom. The Morgan fingerprint density at radius 3 is 2.58 bits per heavy atom. The first-order valence-electron chi connectivity index (χ1n) is 7.82. The summed E-state index contributed by atoms with van der Waals surface area (Å²) in [6.45, 7) is 6.91. The first kappa shape index (κ1) is 14.8. The third-order valence-corrected chi connectivity index (χ3v) is 4.80. The maximum Gasteiger partial charge on any atom is 0.234 e. The van der Waals surface area contributed by atoms with Crippen molar-refractivity contribution >= 4 is 5.91 Å². The van der Waals surface area contributed by atoms with E-state index in [-0.39, 0.29) is 11.9 Å². The molecule has 2 atom stereocenters. The van der Waals surface area contributed by atoms with Gasteiger partial charge in [-0.1, -0.05) is 6.92 Å². The van der Waals surface area contributed by atoms with Crippen LogP contribution in [0.4, 0.5) is 0 Å². The van der Waals surface area contributed by atoms with Crippen LogP contribution in [-0.4, -0.2) is 42.5 Å². The molecule has 0 aromatic heterocycles. The molecule has 1 saturated heterocycles. The molecule has 0 aromatic carbocycles. The second kappa shape index (κ2) is 6.71. The first-order valence-corrected chi connectivity index (χ1v) is 7.82.